The molecule has 0 bridgehead atoms. The van der Waals surface area contributed by atoms with E-state index in [4.69, 9.17) is 4.74 Å². The van der Waals surface area contributed by atoms with Crippen LogP contribution in [0.2, 0.25) is 0 Å². The van der Waals surface area contributed by atoms with Gasteiger partial charge in [-0.1, -0.05) is 0 Å². The van der Waals surface area contributed by atoms with Crippen molar-refractivity contribution >= 4 is 32.8 Å². The van der Waals surface area contributed by atoms with Gasteiger partial charge in [-0.2, -0.15) is 21.6 Å². The van der Waals surface area contributed by atoms with E-state index in [1.54, 1.807) is 43.9 Å². The van der Waals surface area contributed by atoms with Crippen molar-refractivity contribution in [2.24, 2.45) is 0 Å². The van der Waals surface area contributed by atoms with Crippen LogP contribution in [0.15, 0.2) is 24.3 Å². The number of halogens is 3. The van der Waals surface area contributed by atoms with Crippen LogP contribution in [0.1, 0.15) is 20.8 Å². The van der Waals surface area contributed by atoms with Crippen LogP contribution in [0.25, 0.3) is 10.9 Å². The molecule has 1 amide bonds. The molecule has 1 saturated heterocycles. The number of carbonyl (C=O) groups is 1. The fraction of sp³-hybridized carbons (Fsp3) is 0.500. The van der Waals surface area contributed by atoms with Gasteiger partial charge in [-0.05, 0) is 39.0 Å². The number of amides is 1. The molecule has 0 saturated carbocycles. The number of anilines is 1. The zero-order valence-corrected chi connectivity index (χ0v) is 17.8. The zero-order valence-electron chi connectivity index (χ0n) is 17.0. The van der Waals surface area contributed by atoms with Gasteiger partial charge < -0.3 is 18.7 Å². The SMILES string of the molecule is CC(C)(C)OC(=O)N1CCN(c2ccc3nnc(OS(=O)(=O)C(F)(F)F)cc3c2)CC1. The van der Waals surface area contributed by atoms with Crippen LogP contribution in [0.5, 0.6) is 5.88 Å². The molecule has 0 radical (unpaired) electrons. The highest BCUT2D eigenvalue weighted by atomic mass is 32.2. The number of aromatic nitrogens is 2. The van der Waals surface area contributed by atoms with Crippen LogP contribution in [0, 0.1) is 0 Å². The van der Waals surface area contributed by atoms with Crippen molar-refractivity contribution in [3.63, 3.8) is 0 Å². The second kappa shape index (κ2) is 8.02. The van der Waals surface area contributed by atoms with Crippen LogP contribution in [0.4, 0.5) is 23.7 Å². The molecule has 0 aliphatic carbocycles. The van der Waals surface area contributed by atoms with E-state index >= 15 is 0 Å². The highest BCUT2D eigenvalue weighted by molar-refractivity contribution is 7.87. The molecule has 2 heterocycles. The summed E-state index contributed by atoms with van der Waals surface area (Å²) in [5, 5.41) is 7.45. The molecule has 31 heavy (non-hydrogen) atoms. The number of benzene rings is 1. The summed E-state index contributed by atoms with van der Waals surface area (Å²) in [5.41, 5.74) is -5.08. The largest absolute Gasteiger partial charge is 0.534 e. The van der Waals surface area contributed by atoms with Crippen molar-refractivity contribution < 1.29 is 35.3 Å². The maximum atomic E-state index is 12.5. The summed E-state index contributed by atoms with van der Waals surface area (Å²) in [6.07, 6.45) is -0.395. The fourth-order valence-corrected chi connectivity index (χ4v) is 3.29. The third kappa shape index (κ3) is 5.46. The standard InChI is InChI=1S/C18H21F3N4O5S/c1-17(2,3)29-16(26)25-8-6-24(7-9-25)13-4-5-14-12(10-13)11-15(23-22-14)30-31(27,28)18(19,20)21/h4-5,10-11H,6-9H2,1-3H3. The summed E-state index contributed by atoms with van der Waals surface area (Å²) in [6.45, 7) is 7.24. The first kappa shape index (κ1) is 22.8. The fourth-order valence-electron chi connectivity index (χ4n) is 2.88. The Morgan fingerprint density at radius 2 is 1.68 bits per heavy atom. The highest BCUT2D eigenvalue weighted by Crippen LogP contribution is 2.28. The predicted octanol–water partition coefficient (Wildman–Crippen LogP) is 2.92. The van der Waals surface area contributed by atoms with Gasteiger partial charge >= 0.3 is 21.7 Å². The molecule has 2 aromatic rings. The van der Waals surface area contributed by atoms with Crippen molar-refractivity contribution in [2.45, 2.75) is 31.9 Å². The zero-order chi connectivity index (χ0) is 23.0. The minimum absolute atomic E-state index is 0.355. The number of alkyl halides is 3. The van der Waals surface area contributed by atoms with Crippen molar-refractivity contribution in [1.29, 1.82) is 0 Å². The third-order valence-corrected chi connectivity index (χ3v) is 5.28. The summed E-state index contributed by atoms with van der Waals surface area (Å²) < 4.78 is 69.3. The Kier molecular flexibility index (Phi) is 5.91. The molecule has 1 fully saturated rings. The van der Waals surface area contributed by atoms with Crippen LogP contribution in [-0.4, -0.2) is 66.9 Å². The number of hydrogen-bond acceptors (Lipinski definition) is 8. The van der Waals surface area contributed by atoms with E-state index in [2.05, 4.69) is 14.4 Å². The van der Waals surface area contributed by atoms with Gasteiger partial charge in [0.1, 0.15) is 5.60 Å². The molecule has 170 valence electrons. The van der Waals surface area contributed by atoms with Gasteiger partial charge in [0.25, 0.3) is 5.88 Å². The molecule has 9 nitrogen and oxygen atoms in total. The van der Waals surface area contributed by atoms with Crippen molar-refractivity contribution in [3.8, 4) is 5.88 Å². The Labute approximate surface area is 176 Å². The van der Waals surface area contributed by atoms with E-state index in [9.17, 15) is 26.4 Å². The third-order valence-electron chi connectivity index (χ3n) is 4.32. The van der Waals surface area contributed by atoms with Crippen molar-refractivity contribution in [1.82, 2.24) is 15.1 Å². The Balaban J connectivity index is 1.73. The van der Waals surface area contributed by atoms with E-state index < -0.39 is 33.2 Å². The van der Waals surface area contributed by atoms with Gasteiger partial charge in [0, 0.05) is 43.3 Å². The van der Waals surface area contributed by atoms with Crippen LogP contribution >= 0.6 is 0 Å². The molecule has 1 aromatic heterocycles. The number of carbonyl (C=O) groups excluding carboxylic acids is 1. The molecular weight excluding hydrogens is 441 g/mol. The maximum absolute atomic E-state index is 12.5. The van der Waals surface area contributed by atoms with E-state index in [1.165, 1.54) is 0 Å². The van der Waals surface area contributed by atoms with Gasteiger partial charge in [-0.25, -0.2) is 4.79 Å². The summed E-state index contributed by atoms with van der Waals surface area (Å²) in [7, 11) is -5.84. The molecule has 3 rings (SSSR count). The lowest BCUT2D eigenvalue weighted by Gasteiger charge is -2.36. The van der Waals surface area contributed by atoms with Crippen molar-refractivity contribution in [2.75, 3.05) is 31.1 Å². The topological polar surface area (TPSA) is 102 Å². The Hall–Kier alpha value is -2.83. The second-order valence-electron chi connectivity index (χ2n) is 7.86. The van der Waals surface area contributed by atoms with Gasteiger partial charge in [-0.15, -0.1) is 10.2 Å². The second-order valence-corrected chi connectivity index (χ2v) is 9.40. The van der Waals surface area contributed by atoms with E-state index in [0.717, 1.165) is 11.8 Å². The quantitative estimate of drug-likeness (QED) is 0.507. The number of nitrogens with zero attached hydrogens (tertiary/aromatic N) is 4. The number of hydrogen-bond donors (Lipinski definition) is 0. The molecule has 13 heteroatoms. The maximum Gasteiger partial charge on any atom is 0.534 e. The summed E-state index contributed by atoms with van der Waals surface area (Å²) in [6, 6.07) is 6.08. The average molecular weight is 462 g/mol. The summed E-state index contributed by atoms with van der Waals surface area (Å²) in [5.74, 6) is -0.781. The van der Waals surface area contributed by atoms with Crippen LogP contribution < -0.4 is 9.08 Å². The number of piperazine rings is 1. The Bertz CT molecular complexity index is 1080. The van der Waals surface area contributed by atoms with Crippen LogP contribution in [-0.2, 0) is 14.9 Å². The Morgan fingerprint density at radius 1 is 1.03 bits per heavy atom. The number of fused-ring (bicyclic) bond motifs is 1. The van der Waals surface area contributed by atoms with Gasteiger partial charge in [0.15, 0.2) is 0 Å². The first-order chi connectivity index (χ1) is 14.2. The predicted molar refractivity (Wildman–Crippen MR) is 105 cm³/mol. The smallest absolute Gasteiger partial charge is 0.444 e. The lowest BCUT2D eigenvalue weighted by molar-refractivity contribution is -0.0501. The summed E-state index contributed by atoms with van der Waals surface area (Å²) >= 11 is 0. The minimum Gasteiger partial charge on any atom is -0.444 e. The van der Waals surface area contributed by atoms with E-state index in [0.29, 0.717) is 37.1 Å². The minimum atomic E-state index is -5.84. The van der Waals surface area contributed by atoms with Crippen LogP contribution in [0.3, 0.4) is 0 Å². The lowest BCUT2D eigenvalue weighted by atomic mass is 10.2. The molecule has 1 aliphatic heterocycles. The molecule has 1 aromatic carbocycles. The molecular formula is C18H21F3N4O5S. The molecule has 0 spiro atoms. The molecule has 1 aliphatic rings. The number of ether oxygens (including phenoxy) is 1. The van der Waals surface area contributed by atoms with Gasteiger partial charge in [0.2, 0.25) is 0 Å². The van der Waals surface area contributed by atoms with Gasteiger partial charge in [0.05, 0.1) is 5.52 Å². The van der Waals surface area contributed by atoms with E-state index in [-0.39, 0.29) is 0 Å². The molecule has 0 unspecified atom stereocenters. The monoisotopic (exact) mass is 462 g/mol. The van der Waals surface area contributed by atoms with Gasteiger partial charge in [-0.3, -0.25) is 0 Å². The summed E-state index contributed by atoms with van der Waals surface area (Å²) in [4.78, 5) is 15.8. The molecule has 0 atom stereocenters. The first-order valence-corrected chi connectivity index (χ1v) is 10.7. The Morgan fingerprint density at radius 3 is 2.26 bits per heavy atom. The highest BCUT2D eigenvalue weighted by Gasteiger charge is 2.49. The van der Waals surface area contributed by atoms with E-state index in [1.807, 2.05) is 4.90 Å². The first-order valence-electron chi connectivity index (χ1n) is 9.26. The lowest BCUT2D eigenvalue weighted by Crippen LogP contribution is -2.50. The number of rotatable bonds is 3. The average Bonchev–Trinajstić information content (AvgIpc) is 2.65. The van der Waals surface area contributed by atoms with Crippen molar-refractivity contribution in [3.05, 3.63) is 24.3 Å². The molecule has 0 N–H and O–H groups in total. The normalized spacial score (nSPS) is 15.8.